The second-order valence-electron chi connectivity index (χ2n) is 7.38. The number of hydrogen-bond donors (Lipinski definition) is 1. The van der Waals surface area contributed by atoms with Crippen LogP contribution in [0.3, 0.4) is 0 Å². The summed E-state index contributed by atoms with van der Waals surface area (Å²) in [4.78, 5) is 22.7. The number of carbonyl (C=O) groups is 1. The third-order valence-corrected chi connectivity index (χ3v) is 4.85. The molecule has 1 amide bonds. The fourth-order valence-electron chi connectivity index (χ4n) is 3.10. The van der Waals surface area contributed by atoms with Crippen LogP contribution in [0.1, 0.15) is 36.1 Å². The van der Waals surface area contributed by atoms with Crippen molar-refractivity contribution < 1.29 is 9.53 Å². The fraction of sp³-hybridized carbons (Fsp3) is 0.250. The smallest absolute Gasteiger partial charge is 0.253 e. The van der Waals surface area contributed by atoms with Crippen LogP contribution in [0, 0.1) is 0 Å². The minimum absolute atomic E-state index is 0.0606. The van der Waals surface area contributed by atoms with Crippen molar-refractivity contribution in [2.75, 3.05) is 26.9 Å². The highest BCUT2D eigenvalue weighted by molar-refractivity contribution is 5.97. The summed E-state index contributed by atoms with van der Waals surface area (Å²) in [6.45, 7) is 3.88. The maximum atomic E-state index is 12.1. The Balaban J connectivity index is 1.86. The van der Waals surface area contributed by atoms with Crippen molar-refractivity contribution in [1.82, 2.24) is 19.9 Å². The minimum atomic E-state index is -0.600. The van der Waals surface area contributed by atoms with Gasteiger partial charge in [0.05, 0.1) is 11.9 Å². The molecular weight excluding hydrogens is 404 g/mol. The summed E-state index contributed by atoms with van der Waals surface area (Å²) >= 11 is 0. The van der Waals surface area contributed by atoms with Gasteiger partial charge in [-0.2, -0.15) is 0 Å². The van der Waals surface area contributed by atoms with Gasteiger partial charge in [0.2, 0.25) is 12.1 Å². The van der Waals surface area contributed by atoms with E-state index in [0.29, 0.717) is 22.8 Å². The Morgan fingerprint density at radius 1 is 1.19 bits per heavy atom. The Labute approximate surface area is 188 Å². The second kappa shape index (κ2) is 9.91. The highest BCUT2D eigenvalue weighted by atomic mass is 16.5. The Bertz CT molecular complexity index is 1100. The van der Waals surface area contributed by atoms with Crippen LogP contribution in [0.15, 0.2) is 71.5 Å². The van der Waals surface area contributed by atoms with Crippen LogP contribution in [0.2, 0.25) is 0 Å². The van der Waals surface area contributed by atoms with Crippen molar-refractivity contribution in [3.8, 4) is 11.3 Å². The number of anilines is 1. The number of benzene rings is 1. The first-order chi connectivity index (χ1) is 15.3. The maximum Gasteiger partial charge on any atom is 0.253 e. The van der Waals surface area contributed by atoms with Crippen LogP contribution in [-0.2, 0) is 4.74 Å². The van der Waals surface area contributed by atoms with Gasteiger partial charge in [-0.25, -0.2) is 9.97 Å². The summed E-state index contributed by atoms with van der Waals surface area (Å²) in [5.41, 5.74) is 9.51. The second-order valence-corrected chi connectivity index (χ2v) is 7.38. The molecule has 1 atom stereocenters. The van der Waals surface area contributed by atoms with Crippen LogP contribution < -0.4 is 5.73 Å². The number of hydrogen-bond acceptors (Lipinski definition) is 7. The van der Waals surface area contributed by atoms with Crippen LogP contribution >= 0.6 is 0 Å². The van der Waals surface area contributed by atoms with Crippen molar-refractivity contribution in [3.05, 3.63) is 77.7 Å². The SMILES string of the molecule is C\C=C/C=C\C(=C\C)C1=NN(C)C(c2nc(-c3ccc(C(=O)N(C)C)cc3)cnc2N)O1. The summed E-state index contributed by atoms with van der Waals surface area (Å²) in [5.74, 6) is 0.696. The molecule has 0 aliphatic carbocycles. The average Bonchev–Trinajstić information content (AvgIpc) is 3.17. The molecule has 166 valence electrons. The molecule has 3 rings (SSSR count). The molecule has 0 saturated carbocycles. The number of rotatable bonds is 6. The standard InChI is InChI=1S/C24H28N6O2/c1-6-8-9-10-16(7-2)22-28-30(5)24(32-22)20-21(25)26-15-19(27-20)17-11-13-18(14-12-17)23(31)29(3)4/h6-15,24H,1-5H3,(H2,25,26)/b8-6-,10-9-,16-7-. The van der Waals surface area contributed by atoms with Gasteiger partial charge < -0.3 is 15.4 Å². The molecule has 2 aromatic rings. The summed E-state index contributed by atoms with van der Waals surface area (Å²) in [6.07, 6.45) is 10.7. The molecule has 2 heterocycles. The average molecular weight is 433 g/mol. The van der Waals surface area contributed by atoms with E-state index in [2.05, 4.69) is 10.1 Å². The Morgan fingerprint density at radius 3 is 2.53 bits per heavy atom. The fourth-order valence-corrected chi connectivity index (χ4v) is 3.10. The zero-order chi connectivity index (χ0) is 23.3. The molecule has 0 radical (unpaired) electrons. The topological polar surface area (TPSA) is 96.9 Å². The van der Waals surface area contributed by atoms with Crippen LogP contribution in [-0.4, -0.2) is 52.8 Å². The molecule has 1 aromatic heterocycles. The highest BCUT2D eigenvalue weighted by Gasteiger charge is 2.31. The number of nitrogen functional groups attached to an aromatic ring is 1. The van der Waals surface area contributed by atoms with E-state index in [-0.39, 0.29) is 11.7 Å². The Hall–Kier alpha value is -3.94. The largest absolute Gasteiger partial charge is 0.444 e. The summed E-state index contributed by atoms with van der Waals surface area (Å²) in [5, 5.41) is 6.18. The van der Waals surface area contributed by atoms with E-state index in [4.69, 9.17) is 15.5 Å². The van der Waals surface area contributed by atoms with Crippen molar-refractivity contribution in [2.24, 2.45) is 5.10 Å². The van der Waals surface area contributed by atoms with E-state index in [9.17, 15) is 4.79 Å². The van der Waals surface area contributed by atoms with Crippen LogP contribution in [0.25, 0.3) is 11.3 Å². The Kier molecular flexibility index (Phi) is 7.04. The van der Waals surface area contributed by atoms with Crippen molar-refractivity contribution in [3.63, 3.8) is 0 Å². The van der Waals surface area contributed by atoms with Gasteiger partial charge >= 0.3 is 0 Å². The molecule has 1 aliphatic heterocycles. The molecule has 1 unspecified atom stereocenters. The predicted octanol–water partition coefficient (Wildman–Crippen LogP) is 3.78. The van der Waals surface area contributed by atoms with Gasteiger partial charge in [0.15, 0.2) is 5.82 Å². The first-order valence-electron chi connectivity index (χ1n) is 10.2. The number of amides is 1. The first kappa shape index (κ1) is 22.7. The van der Waals surface area contributed by atoms with Gasteiger partial charge in [-0.1, -0.05) is 36.4 Å². The molecule has 1 aromatic carbocycles. The third kappa shape index (κ3) is 4.85. The van der Waals surface area contributed by atoms with E-state index in [1.807, 2.05) is 56.4 Å². The zero-order valence-electron chi connectivity index (χ0n) is 19.0. The van der Waals surface area contributed by atoms with E-state index < -0.39 is 6.23 Å². The number of carbonyl (C=O) groups excluding carboxylic acids is 1. The quantitative estimate of drug-likeness (QED) is 0.698. The van der Waals surface area contributed by atoms with Crippen molar-refractivity contribution >= 4 is 17.6 Å². The predicted molar refractivity (Wildman–Crippen MR) is 127 cm³/mol. The van der Waals surface area contributed by atoms with Gasteiger partial charge in [-0.05, 0) is 32.1 Å². The van der Waals surface area contributed by atoms with E-state index >= 15 is 0 Å². The van der Waals surface area contributed by atoms with Crippen molar-refractivity contribution in [1.29, 1.82) is 0 Å². The first-order valence-corrected chi connectivity index (χ1v) is 10.2. The lowest BCUT2D eigenvalue weighted by Gasteiger charge is -2.19. The number of aromatic nitrogens is 2. The molecule has 8 heteroatoms. The normalized spacial score (nSPS) is 16.5. The van der Waals surface area contributed by atoms with E-state index in [0.717, 1.165) is 11.1 Å². The van der Waals surface area contributed by atoms with Crippen LogP contribution in [0.5, 0.6) is 0 Å². The maximum absolute atomic E-state index is 12.1. The van der Waals surface area contributed by atoms with Crippen LogP contribution in [0.4, 0.5) is 5.82 Å². The zero-order valence-corrected chi connectivity index (χ0v) is 19.0. The summed E-state index contributed by atoms with van der Waals surface area (Å²) in [7, 11) is 5.24. The van der Waals surface area contributed by atoms with Gasteiger partial charge in [-0.15, -0.1) is 5.10 Å². The molecule has 0 spiro atoms. The van der Waals surface area contributed by atoms with Gasteiger partial charge in [0, 0.05) is 37.8 Å². The van der Waals surface area contributed by atoms with E-state index in [1.165, 1.54) is 4.90 Å². The number of nitrogens with zero attached hydrogens (tertiary/aromatic N) is 5. The van der Waals surface area contributed by atoms with E-state index in [1.54, 1.807) is 44.5 Å². The molecule has 0 fully saturated rings. The number of allylic oxidation sites excluding steroid dienone is 4. The molecule has 32 heavy (non-hydrogen) atoms. The number of hydrazone groups is 1. The highest BCUT2D eigenvalue weighted by Crippen LogP contribution is 2.31. The lowest BCUT2D eigenvalue weighted by Crippen LogP contribution is -2.21. The molecule has 0 saturated heterocycles. The third-order valence-electron chi connectivity index (χ3n) is 4.85. The number of nitrogens with two attached hydrogens (primary N) is 1. The van der Waals surface area contributed by atoms with Gasteiger partial charge in [-0.3, -0.25) is 9.80 Å². The monoisotopic (exact) mass is 432 g/mol. The van der Waals surface area contributed by atoms with Gasteiger partial charge in [0.1, 0.15) is 5.69 Å². The van der Waals surface area contributed by atoms with Crippen molar-refractivity contribution in [2.45, 2.75) is 20.1 Å². The lowest BCUT2D eigenvalue weighted by atomic mass is 10.1. The molecule has 0 bridgehead atoms. The molecule has 8 nitrogen and oxygen atoms in total. The van der Waals surface area contributed by atoms with Gasteiger partial charge in [0.25, 0.3) is 5.91 Å². The molecule has 1 aliphatic rings. The summed E-state index contributed by atoms with van der Waals surface area (Å²) in [6, 6.07) is 7.21. The molecular formula is C24H28N6O2. The minimum Gasteiger partial charge on any atom is -0.444 e. The molecule has 2 N–H and O–H groups in total. The lowest BCUT2D eigenvalue weighted by molar-refractivity contribution is 0.0744. The Morgan fingerprint density at radius 2 is 1.91 bits per heavy atom. The number of ether oxygens (including phenoxy) is 1. The summed E-state index contributed by atoms with van der Waals surface area (Å²) < 4.78 is 6.09.